The number of nitro benzene ring substituents is 1. The molecule has 3 N–H and O–H groups in total. The van der Waals surface area contributed by atoms with E-state index in [1.807, 2.05) is 0 Å². The van der Waals surface area contributed by atoms with Crippen LogP contribution in [0.3, 0.4) is 0 Å². The number of ether oxygens (including phenoxy) is 2. The fraction of sp³-hybridized carbons (Fsp3) is 0.0870. The number of hydrogen-bond acceptors (Lipinski definition) is 8. The number of nitrogens with one attached hydrogen (secondary N) is 2. The van der Waals surface area contributed by atoms with Crippen LogP contribution in [-0.2, 0) is 4.79 Å². The minimum Gasteiger partial charge on any atom is -0.507 e. The maximum absolute atomic E-state index is 12.1. The van der Waals surface area contributed by atoms with Gasteiger partial charge in [0.2, 0.25) is 0 Å². The Labute approximate surface area is 193 Å². The fourth-order valence-electron chi connectivity index (χ4n) is 2.78. The molecular weight excluding hydrogens is 444 g/mol. The summed E-state index contributed by atoms with van der Waals surface area (Å²) >= 11 is 0. The molecule has 0 saturated heterocycles. The van der Waals surface area contributed by atoms with Crippen molar-refractivity contribution in [2.45, 2.75) is 0 Å². The number of carbonyl (C=O) groups excluding carboxylic acids is 2. The number of amides is 2. The predicted molar refractivity (Wildman–Crippen MR) is 123 cm³/mol. The van der Waals surface area contributed by atoms with Crippen LogP contribution in [0.1, 0.15) is 15.9 Å². The van der Waals surface area contributed by atoms with Gasteiger partial charge >= 0.3 is 0 Å². The smallest absolute Gasteiger partial charge is 0.275 e. The number of carbonyl (C=O) groups is 2. The highest BCUT2D eigenvalue weighted by atomic mass is 16.6. The third-order valence-electron chi connectivity index (χ3n) is 4.44. The van der Waals surface area contributed by atoms with Gasteiger partial charge in [-0.05, 0) is 48.0 Å². The number of anilines is 1. The van der Waals surface area contributed by atoms with Crippen molar-refractivity contribution >= 4 is 29.4 Å². The molecule has 34 heavy (non-hydrogen) atoms. The lowest BCUT2D eigenvalue weighted by Gasteiger charge is -2.11. The molecule has 0 radical (unpaired) electrons. The zero-order chi connectivity index (χ0) is 24.5. The minimum atomic E-state index is -0.569. The Morgan fingerprint density at radius 2 is 1.82 bits per heavy atom. The van der Waals surface area contributed by atoms with Gasteiger partial charge in [0, 0.05) is 17.8 Å². The van der Waals surface area contributed by atoms with Crippen molar-refractivity contribution in [2.24, 2.45) is 5.10 Å². The van der Waals surface area contributed by atoms with Crippen LogP contribution >= 0.6 is 0 Å². The lowest BCUT2D eigenvalue weighted by atomic mass is 10.2. The normalized spacial score (nSPS) is 10.5. The summed E-state index contributed by atoms with van der Waals surface area (Å²) in [5.41, 5.74) is 3.30. The number of nitrogens with zero attached hydrogens (tertiary/aromatic N) is 2. The number of benzene rings is 3. The SMILES string of the molecule is COc1cc(/C=N\NC(=O)c2ccccc2O)ccc1OCC(=O)Nc1ccc([N+](=O)[O-])cc1. The number of hydrazone groups is 1. The number of aromatic hydroxyl groups is 1. The molecule has 0 aliphatic rings. The molecule has 3 aromatic rings. The van der Waals surface area contributed by atoms with E-state index in [0.29, 0.717) is 22.7 Å². The van der Waals surface area contributed by atoms with E-state index in [4.69, 9.17) is 9.47 Å². The van der Waals surface area contributed by atoms with Gasteiger partial charge in [-0.15, -0.1) is 0 Å². The zero-order valence-electron chi connectivity index (χ0n) is 17.9. The van der Waals surface area contributed by atoms with E-state index in [2.05, 4.69) is 15.8 Å². The molecule has 3 aromatic carbocycles. The van der Waals surface area contributed by atoms with Gasteiger partial charge in [-0.1, -0.05) is 12.1 Å². The van der Waals surface area contributed by atoms with Gasteiger partial charge in [0.05, 0.1) is 23.8 Å². The highest BCUT2D eigenvalue weighted by molar-refractivity contribution is 5.97. The van der Waals surface area contributed by atoms with Crippen LogP contribution < -0.4 is 20.2 Å². The number of methoxy groups -OCH3 is 1. The second-order valence-corrected chi connectivity index (χ2v) is 6.77. The van der Waals surface area contributed by atoms with Gasteiger partial charge < -0.3 is 19.9 Å². The number of phenolic OH excluding ortho intramolecular Hbond substituents is 1. The Hall–Kier alpha value is -4.93. The van der Waals surface area contributed by atoms with E-state index < -0.39 is 16.7 Å². The third-order valence-corrected chi connectivity index (χ3v) is 4.44. The molecule has 0 aromatic heterocycles. The first-order chi connectivity index (χ1) is 16.4. The summed E-state index contributed by atoms with van der Waals surface area (Å²) in [6.45, 7) is -0.322. The number of rotatable bonds is 9. The molecule has 0 unspecified atom stereocenters. The van der Waals surface area contributed by atoms with Crippen LogP contribution in [0, 0.1) is 10.1 Å². The Kier molecular flexibility index (Phi) is 7.74. The Bertz CT molecular complexity index is 1230. The fourth-order valence-corrected chi connectivity index (χ4v) is 2.78. The molecule has 11 nitrogen and oxygen atoms in total. The number of nitro groups is 1. The Morgan fingerprint density at radius 1 is 1.09 bits per heavy atom. The molecule has 0 bridgehead atoms. The van der Waals surface area contributed by atoms with Crippen molar-refractivity contribution in [1.29, 1.82) is 0 Å². The van der Waals surface area contributed by atoms with E-state index in [-0.39, 0.29) is 23.6 Å². The summed E-state index contributed by atoms with van der Waals surface area (Å²) < 4.78 is 10.8. The average Bonchev–Trinajstić information content (AvgIpc) is 2.83. The molecular formula is C23H20N4O7. The maximum Gasteiger partial charge on any atom is 0.275 e. The first kappa shape index (κ1) is 23.7. The van der Waals surface area contributed by atoms with Crippen LogP contribution in [0.15, 0.2) is 71.8 Å². The van der Waals surface area contributed by atoms with Crippen LogP contribution in [0.2, 0.25) is 0 Å². The highest BCUT2D eigenvalue weighted by Crippen LogP contribution is 2.27. The Balaban J connectivity index is 1.56. The second-order valence-electron chi connectivity index (χ2n) is 6.77. The van der Waals surface area contributed by atoms with Crippen molar-refractivity contribution in [2.75, 3.05) is 19.0 Å². The largest absolute Gasteiger partial charge is 0.507 e. The average molecular weight is 464 g/mol. The molecule has 11 heteroatoms. The molecule has 3 rings (SSSR count). The van der Waals surface area contributed by atoms with E-state index in [0.717, 1.165) is 0 Å². The number of hydrogen-bond donors (Lipinski definition) is 3. The quantitative estimate of drug-likeness (QED) is 0.250. The molecule has 2 amide bonds. The van der Waals surface area contributed by atoms with E-state index >= 15 is 0 Å². The molecule has 0 spiro atoms. The number of para-hydroxylation sites is 1. The van der Waals surface area contributed by atoms with Gasteiger partial charge in [-0.3, -0.25) is 19.7 Å². The molecule has 0 aliphatic carbocycles. The van der Waals surface area contributed by atoms with E-state index in [9.17, 15) is 24.8 Å². The molecule has 0 fully saturated rings. The van der Waals surface area contributed by atoms with Crippen LogP contribution in [-0.4, -0.2) is 41.8 Å². The first-order valence-electron chi connectivity index (χ1n) is 9.84. The van der Waals surface area contributed by atoms with E-state index in [1.165, 1.54) is 49.7 Å². The van der Waals surface area contributed by atoms with Crippen LogP contribution in [0.5, 0.6) is 17.2 Å². The number of phenols is 1. The predicted octanol–water partition coefficient (Wildman–Crippen LogP) is 3.09. The van der Waals surface area contributed by atoms with Gasteiger partial charge in [0.1, 0.15) is 5.75 Å². The van der Waals surface area contributed by atoms with Gasteiger partial charge in [-0.2, -0.15) is 5.10 Å². The summed E-state index contributed by atoms with van der Waals surface area (Å²) in [5, 5.41) is 26.8. The van der Waals surface area contributed by atoms with Gasteiger partial charge in [-0.25, -0.2) is 5.43 Å². The molecule has 0 aliphatic heterocycles. The molecule has 0 heterocycles. The van der Waals surface area contributed by atoms with Crippen molar-refractivity contribution in [3.63, 3.8) is 0 Å². The van der Waals surface area contributed by atoms with Crippen molar-refractivity contribution in [3.8, 4) is 17.2 Å². The van der Waals surface area contributed by atoms with Crippen LogP contribution in [0.25, 0.3) is 0 Å². The molecule has 0 saturated carbocycles. The summed E-state index contributed by atoms with van der Waals surface area (Å²) in [5.74, 6) is -0.555. The van der Waals surface area contributed by atoms with Gasteiger partial charge in [0.25, 0.3) is 17.5 Å². The van der Waals surface area contributed by atoms with Crippen molar-refractivity contribution in [1.82, 2.24) is 5.43 Å². The van der Waals surface area contributed by atoms with Crippen molar-refractivity contribution < 1.29 is 29.1 Å². The lowest BCUT2D eigenvalue weighted by molar-refractivity contribution is -0.384. The Morgan fingerprint density at radius 3 is 2.50 bits per heavy atom. The second kappa shape index (κ2) is 11.1. The zero-order valence-corrected chi connectivity index (χ0v) is 17.9. The minimum absolute atomic E-state index is 0.0830. The standard InChI is InChI=1S/C23H20N4O7/c1-33-21-12-15(13-24-26-23(30)18-4-2-3-5-19(18)28)6-11-20(21)34-14-22(29)25-16-7-9-17(10-8-16)27(31)32/h2-13,28H,14H2,1H3,(H,25,29)(H,26,30)/b24-13-. The summed E-state index contributed by atoms with van der Waals surface area (Å²) in [6.07, 6.45) is 1.38. The summed E-state index contributed by atoms with van der Waals surface area (Å²) in [4.78, 5) is 34.3. The molecule has 0 atom stereocenters. The molecule has 174 valence electrons. The first-order valence-corrected chi connectivity index (χ1v) is 9.84. The van der Waals surface area contributed by atoms with E-state index in [1.54, 1.807) is 30.3 Å². The van der Waals surface area contributed by atoms with Gasteiger partial charge in [0.15, 0.2) is 18.1 Å². The van der Waals surface area contributed by atoms with Crippen LogP contribution in [0.4, 0.5) is 11.4 Å². The number of non-ortho nitro benzene ring substituents is 1. The van der Waals surface area contributed by atoms with Crippen molar-refractivity contribution in [3.05, 3.63) is 88.0 Å². The third kappa shape index (κ3) is 6.29. The highest BCUT2D eigenvalue weighted by Gasteiger charge is 2.11. The summed E-state index contributed by atoms with van der Waals surface area (Å²) in [6, 6.07) is 16.3. The topological polar surface area (TPSA) is 152 Å². The monoisotopic (exact) mass is 464 g/mol. The lowest BCUT2D eigenvalue weighted by Crippen LogP contribution is -2.20. The maximum atomic E-state index is 12.1. The summed E-state index contributed by atoms with van der Waals surface area (Å²) in [7, 11) is 1.43.